The van der Waals surface area contributed by atoms with E-state index in [4.69, 9.17) is 14.6 Å². The van der Waals surface area contributed by atoms with Crippen LogP contribution in [0.15, 0.2) is 40.8 Å². The van der Waals surface area contributed by atoms with Crippen LogP contribution in [0.2, 0.25) is 0 Å². The van der Waals surface area contributed by atoms with Crippen LogP contribution in [0.3, 0.4) is 0 Å². The van der Waals surface area contributed by atoms with Crippen molar-refractivity contribution in [3.8, 4) is 5.75 Å². The smallest absolute Gasteiger partial charge is 0.130 e. The first-order valence-electron chi connectivity index (χ1n) is 4.94. The third-order valence-electron chi connectivity index (χ3n) is 2.17. The summed E-state index contributed by atoms with van der Waals surface area (Å²) >= 11 is 0. The van der Waals surface area contributed by atoms with E-state index in [-0.39, 0.29) is 12.4 Å². The van der Waals surface area contributed by atoms with Crippen molar-refractivity contribution < 1.29 is 14.6 Å². The number of rotatable bonds is 3. The topological polar surface area (TPSA) is 53.6 Å². The zero-order valence-electron chi connectivity index (χ0n) is 8.63. The zero-order valence-corrected chi connectivity index (χ0v) is 8.63. The molecular weight excluding hydrogens is 204 g/mol. The third kappa shape index (κ3) is 2.52. The number of furan rings is 1. The number of hydrogen-bond acceptors (Lipinski definition) is 3. The fourth-order valence-electron chi connectivity index (χ4n) is 1.33. The molecule has 0 amide bonds. The number of aliphatic hydroxyl groups is 1. The normalized spacial score (nSPS) is 11.1. The Labute approximate surface area is 93.3 Å². The Balaban J connectivity index is 2.11. The Hall–Kier alpha value is -2.00. The highest BCUT2D eigenvalue weighted by atomic mass is 16.4. The summed E-state index contributed by atoms with van der Waals surface area (Å²) in [4.78, 5) is 0. The van der Waals surface area contributed by atoms with Gasteiger partial charge in [-0.1, -0.05) is 18.2 Å². The second-order valence-electron chi connectivity index (χ2n) is 3.39. The van der Waals surface area contributed by atoms with Gasteiger partial charge in [-0.05, 0) is 35.9 Å². The molecule has 3 heteroatoms. The molecule has 0 spiro atoms. The van der Waals surface area contributed by atoms with Crippen molar-refractivity contribution in [2.45, 2.75) is 6.61 Å². The van der Waals surface area contributed by atoms with Gasteiger partial charge in [0.1, 0.15) is 23.9 Å². The van der Waals surface area contributed by atoms with Gasteiger partial charge in [0.25, 0.3) is 0 Å². The van der Waals surface area contributed by atoms with E-state index >= 15 is 0 Å². The maximum Gasteiger partial charge on any atom is 0.130 e. The molecule has 0 aliphatic carbocycles. The van der Waals surface area contributed by atoms with Gasteiger partial charge in [-0.2, -0.15) is 0 Å². The monoisotopic (exact) mass is 216 g/mol. The van der Waals surface area contributed by atoms with Gasteiger partial charge in [0.15, 0.2) is 0 Å². The van der Waals surface area contributed by atoms with Gasteiger partial charge < -0.3 is 14.6 Å². The maximum absolute atomic E-state index is 9.11. The Kier molecular flexibility index (Phi) is 3.08. The minimum atomic E-state index is -0.0902. The molecule has 1 aromatic heterocycles. The molecule has 0 atom stereocenters. The Morgan fingerprint density at radius 1 is 1.00 bits per heavy atom. The number of aromatic hydroxyl groups is 1. The van der Waals surface area contributed by atoms with E-state index in [1.807, 2.05) is 24.3 Å². The number of phenols is 1. The number of phenolic OH excluding ortho intramolecular Hbond substituents is 1. The van der Waals surface area contributed by atoms with Crippen LogP contribution in [-0.2, 0) is 6.61 Å². The van der Waals surface area contributed by atoms with Crippen molar-refractivity contribution in [1.29, 1.82) is 0 Å². The number of benzene rings is 1. The lowest BCUT2D eigenvalue weighted by atomic mass is 10.2. The zero-order chi connectivity index (χ0) is 11.4. The molecule has 0 saturated carbocycles. The maximum atomic E-state index is 9.11. The molecule has 1 aromatic carbocycles. The van der Waals surface area contributed by atoms with Gasteiger partial charge in [-0.25, -0.2) is 0 Å². The van der Waals surface area contributed by atoms with Crippen LogP contribution in [0.5, 0.6) is 5.75 Å². The minimum Gasteiger partial charge on any atom is -0.508 e. The van der Waals surface area contributed by atoms with Crippen molar-refractivity contribution in [3.63, 3.8) is 0 Å². The van der Waals surface area contributed by atoms with Crippen molar-refractivity contribution in [2.24, 2.45) is 0 Å². The highest BCUT2D eigenvalue weighted by Crippen LogP contribution is 2.14. The van der Waals surface area contributed by atoms with Gasteiger partial charge in [0.2, 0.25) is 0 Å². The van der Waals surface area contributed by atoms with Crippen LogP contribution < -0.4 is 0 Å². The average Bonchev–Trinajstić information content (AvgIpc) is 2.76. The molecule has 0 saturated heterocycles. The van der Waals surface area contributed by atoms with E-state index < -0.39 is 0 Å². The fourth-order valence-corrected chi connectivity index (χ4v) is 1.33. The fraction of sp³-hybridized carbons (Fsp3) is 0.0769. The quantitative estimate of drug-likeness (QED) is 0.829. The van der Waals surface area contributed by atoms with Crippen molar-refractivity contribution in [3.05, 3.63) is 53.5 Å². The molecule has 82 valence electrons. The SMILES string of the molecule is OCc1ccc(/C=C/c2ccc(O)cc2)o1. The van der Waals surface area contributed by atoms with Crippen LogP contribution in [0, 0.1) is 0 Å². The molecular formula is C13H12O3. The van der Waals surface area contributed by atoms with Gasteiger partial charge in [0, 0.05) is 0 Å². The Morgan fingerprint density at radius 2 is 1.75 bits per heavy atom. The van der Waals surface area contributed by atoms with Crippen molar-refractivity contribution in [1.82, 2.24) is 0 Å². The minimum absolute atomic E-state index is 0.0902. The molecule has 0 unspecified atom stereocenters. The van der Waals surface area contributed by atoms with Crippen molar-refractivity contribution >= 4 is 12.2 Å². The standard InChI is InChI=1S/C13H12O3/c14-9-13-8-7-12(16-13)6-3-10-1-4-11(15)5-2-10/h1-8,14-15H,9H2/b6-3+. The lowest BCUT2D eigenvalue weighted by Gasteiger charge is -1.93. The first kappa shape index (κ1) is 10.5. The van der Waals surface area contributed by atoms with Crippen LogP contribution in [0.25, 0.3) is 12.2 Å². The van der Waals surface area contributed by atoms with E-state index in [9.17, 15) is 0 Å². The molecule has 3 nitrogen and oxygen atoms in total. The summed E-state index contributed by atoms with van der Waals surface area (Å²) in [7, 11) is 0. The first-order chi connectivity index (χ1) is 7.78. The van der Waals surface area contributed by atoms with Crippen LogP contribution in [0.1, 0.15) is 17.1 Å². The lowest BCUT2D eigenvalue weighted by molar-refractivity contribution is 0.246. The highest BCUT2D eigenvalue weighted by Gasteiger charge is 1.96. The summed E-state index contributed by atoms with van der Waals surface area (Å²) in [6.07, 6.45) is 3.69. The van der Waals surface area contributed by atoms with Gasteiger partial charge >= 0.3 is 0 Å². The van der Waals surface area contributed by atoms with Crippen LogP contribution in [0.4, 0.5) is 0 Å². The Morgan fingerprint density at radius 3 is 2.38 bits per heavy atom. The molecule has 0 aliphatic heterocycles. The van der Waals surface area contributed by atoms with E-state index in [0.717, 1.165) is 5.56 Å². The lowest BCUT2D eigenvalue weighted by Crippen LogP contribution is -1.73. The molecule has 2 aromatic rings. The van der Waals surface area contributed by atoms with Gasteiger partial charge in [-0.3, -0.25) is 0 Å². The molecule has 2 rings (SSSR count). The predicted molar refractivity (Wildman–Crippen MR) is 61.7 cm³/mol. The van der Waals surface area contributed by atoms with E-state index in [2.05, 4.69) is 0 Å². The van der Waals surface area contributed by atoms with Gasteiger partial charge in [0.05, 0.1) is 0 Å². The largest absolute Gasteiger partial charge is 0.508 e. The summed E-state index contributed by atoms with van der Waals surface area (Å²) in [5, 5.41) is 17.9. The van der Waals surface area contributed by atoms with Crippen LogP contribution >= 0.6 is 0 Å². The highest BCUT2D eigenvalue weighted by molar-refractivity contribution is 5.67. The summed E-state index contributed by atoms with van der Waals surface area (Å²) in [5.41, 5.74) is 0.972. The van der Waals surface area contributed by atoms with Gasteiger partial charge in [-0.15, -0.1) is 0 Å². The second kappa shape index (κ2) is 4.68. The summed E-state index contributed by atoms with van der Waals surface area (Å²) < 4.78 is 5.29. The predicted octanol–water partition coefficient (Wildman–Crippen LogP) is 2.65. The third-order valence-corrected chi connectivity index (χ3v) is 2.17. The van der Waals surface area contributed by atoms with E-state index in [1.54, 1.807) is 24.3 Å². The summed E-state index contributed by atoms with van der Waals surface area (Å²) in [6, 6.07) is 10.4. The molecule has 0 bridgehead atoms. The molecule has 1 heterocycles. The molecule has 2 N–H and O–H groups in total. The summed E-state index contributed by atoms with van der Waals surface area (Å²) in [5.74, 6) is 1.49. The molecule has 16 heavy (non-hydrogen) atoms. The Bertz CT molecular complexity index is 480. The van der Waals surface area contributed by atoms with Crippen molar-refractivity contribution in [2.75, 3.05) is 0 Å². The number of hydrogen-bond donors (Lipinski definition) is 2. The van der Waals surface area contributed by atoms with Crippen LogP contribution in [-0.4, -0.2) is 10.2 Å². The molecule has 0 radical (unpaired) electrons. The average molecular weight is 216 g/mol. The number of aliphatic hydroxyl groups excluding tert-OH is 1. The van der Waals surface area contributed by atoms with E-state index in [0.29, 0.717) is 11.5 Å². The molecule has 0 fully saturated rings. The van der Waals surface area contributed by atoms with E-state index in [1.165, 1.54) is 0 Å². The summed E-state index contributed by atoms with van der Waals surface area (Å²) in [6.45, 7) is -0.0902. The second-order valence-corrected chi connectivity index (χ2v) is 3.39. The molecule has 0 aliphatic rings. The first-order valence-corrected chi connectivity index (χ1v) is 4.94.